The van der Waals surface area contributed by atoms with E-state index in [1.807, 2.05) is 33.8 Å². The first-order valence-electron chi connectivity index (χ1n) is 9.57. The topological polar surface area (TPSA) is 95.5 Å². The Morgan fingerprint density at radius 1 is 0.966 bits per heavy atom. The number of carboxylic acids is 1. The van der Waals surface area contributed by atoms with Crippen molar-refractivity contribution >= 4 is 23.5 Å². The number of aryl methyl sites for hydroxylation is 1. The van der Waals surface area contributed by atoms with E-state index in [1.165, 1.54) is 0 Å². The van der Waals surface area contributed by atoms with Crippen LogP contribution in [0.1, 0.15) is 59.9 Å². The highest BCUT2D eigenvalue weighted by Gasteiger charge is 2.23. The maximum absolute atomic E-state index is 12.6. The zero-order chi connectivity index (χ0) is 21.6. The minimum Gasteiger partial charge on any atom is -0.480 e. The normalized spacial score (nSPS) is 12.1. The van der Waals surface area contributed by atoms with Gasteiger partial charge in [-0.1, -0.05) is 45.0 Å². The molecule has 6 heteroatoms. The summed E-state index contributed by atoms with van der Waals surface area (Å²) in [5.41, 5.74) is 2.08. The van der Waals surface area contributed by atoms with Crippen LogP contribution in [-0.2, 0) is 4.79 Å². The highest BCUT2D eigenvalue weighted by Crippen LogP contribution is 2.22. The Kier molecular flexibility index (Phi) is 7.15. The minimum absolute atomic E-state index is 0.0306. The van der Waals surface area contributed by atoms with Crippen LogP contribution in [0.3, 0.4) is 0 Å². The number of carboxylic acid groups (broad SMARTS) is 1. The van der Waals surface area contributed by atoms with Crippen LogP contribution in [0.2, 0.25) is 0 Å². The molecular formula is C23H28N2O4. The maximum Gasteiger partial charge on any atom is 0.326 e. The predicted molar refractivity (Wildman–Crippen MR) is 113 cm³/mol. The van der Waals surface area contributed by atoms with Gasteiger partial charge in [0.15, 0.2) is 0 Å². The van der Waals surface area contributed by atoms with Gasteiger partial charge in [-0.15, -0.1) is 0 Å². The van der Waals surface area contributed by atoms with Crippen LogP contribution < -0.4 is 10.6 Å². The molecule has 0 aliphatic carbocycles. The Balaban J connectivity index is 2.13. The second-order valence-electron chi connectivity index (χ2n) is 8.31. The zero-order valence-electron chi connectivity index (χ0n) is 17.3. The molecule has 3 N–H and O–H groups in total. The molecule has 2 amide bonds. The molecule has 6 nitrogen and oxygen atoms in total. The summed E-state index contributed by atoms with van der Waals surface area (Å²) in [6.07, 6.45) is 1.00. The molecule has 0 fully saturated rings. The minimum atomic E-state index is -1.06. The summed E-state index contributed by atoms with van der Waals surface area (Å²) < 4.78 is 0. The van der Waals surface area contributed by atoms with E-state index in [9.17, 15) is 19.5 Å². The van der Waals surface area contributed by atoms with Crippen molar-refractivity contribution in [2.45, 2.75) is 46.6 Å². The number of anilines is 1. The second-order valence-corrected chi connectivity index (χ2v) is 8.31. The van der Waals surface area contributed by atoms with E-state index >= 15 is 0 Å². The highest BCUT2D eigenvalue weighted by molar-refractivity contribution is 6.05. The fourth-order valence-electron chi connectivity index (χ4n) is 2.76. The van der Waals surface area contributed by atoms with E-state index in [-0.39, 0.29) is 11.3 Å². The Labute approximate surface area is 171 Å². The lowest BCUT2D eigenvalue weighted by molar-refractivity contribution is -0.139. The van der Waals surface area contributed by atoms with Crippen molar-refractivity contribution < 1.29 is 19.5 Å². The number of carbonyl (C=O) groups excluding carboxylic acids is 2. The Morgan fingerprint density at radius 2 is 1.62 bits per heavy atom. The van der Waals surface area contributed by atoms with E-state index in [1.54, 1.807) is 42.5 Å². The predicted octanol–water partition coefficient (Wildman–Crippen LogP) is 4.26. The average molecular weight is 396 g/mol. The fraction of sp³-hybridized carbons (Fsp3) is 0.348. The average Bonchev–Trinajstić information content (AvgIpc) is 2.66. The third-order valence-electron chi connectivity index (χ3n) is 4.57. The first-order valence-corrected chi connectivity index (χ1v) is 9.57. The Morgan fingerprint density at radius 3 is 2.21 bits per heavy atom. The quantitative estimate of drug-likeness (QED) is 0.652. The molecule has 0 heterocycles. The van der Waals surface area contributed by atoms with Crippen LogP contribution in [0.5, 0.6) is 0 Å². The molecule has 1 unspecified atom stereocenters. The summed E-state index contributed by atoms with van der Waals surface area (Å²) in [6.45, 7) is 7.89. The number of carbonyl (C=O) groups is 3. The number of rotatable bonds is 7. The molecule has 0 saturated heterocycles. The van der Waals surface area contributed by atoms with Crippen molar-refractivity contribution in [2.24, 2.45) is 5.41 Å². The number of benzene rings is 2. The van der Waals surface area contributed by atoms with Crippen molar-refractivity contribution in [3.63, 3.8) is 0 Å². The number of hydrogen-bond acceptors (Lipinski definition) is 3. The van der Waals surface area contributed by atoms with Crippen LogP contribution in [0.25, 0.3) is 0 Å². The third kappa shape index (κ3) is 6.75. The molecule has 1 atom stereocenters. The monoisotopic (exact) mass is 396 g/mol. The smallest absolute Gasteiger partial charge is 0.326 e. The van der Waals surface area contributed by atoms with Gasteiger partial charge in [-0.3, -0.25) is 9.59 Å². The van der Waals surface area contributed by atoms with Gasteiger partial charge in [0.05, 0.1) is 0 Å². The lowest BCUT2D eigenvalue weighted by Gasteiger charge is -2.21. The van der Waals surface area contributed by atoms with E-state index in [2.05, 4.69) is 10.6 Å². The lowest BCUT2D eigenvalue weighted by Crippen LogP contribution is -2.41. The van der Waals surface area contributed by atoms with Gasteiger partial charge >= 0.3 is 5.97 Å². The van der Waals surface area contributed by atoms with Gasteiger partial charge in [0.1, 0.15) is 6.04 Å². The summed E-state index contributed by atoms with van der Waals surface area (Å²) in [5.74, 6) is -1.83. The molecule has 0 bridgehead atoms. The molecule has 0 aliphatic heterocycles. The van der Waals surface area contributed by atoms with Crippen LogP contribution in [0.15, 0.2) is 48.5 Å². The molecule has 0 radical (unpaired) electrons. The SMILES string of the molecule is Cc1ccc(C(=O)NC(CCC(C)(C)C)C(=O)O)cc1NC(=O)c1ccccc1. The van der Waals surface area contributed by atoms with Crippen molar-refractivity contribution in [3.05, 3.63) is 65.2 Å². The largest absolute Gasteiger partial charge is 0.480 e. The molecule has 0 saturated carbocycles. The van der Waals surface area contributed by atoms with Gasteiger partial charge in [-0.05, 0) is 55.0 Å². The highest BCUT2D eigenvalue weighted by atomic mass is 16.4. The molecule has 2 aromatic rings. The van der Waals surface area contributed by atoms with Gasteiger partial charge in [-0.2, -0.15) is 0 Å². The number of hydrogen-bond donors (Lipinski definition) is 3. The number of aliphatic carboxylic acids is 1. The number of amides is 2. The molecule has 0 aliphatic rings. The van der Waals surface area contributed by atoms with Gasteiger partial charge in [0.2, 0.25) is 0 Å². The summed E-state index contributed by atoms with van der Waals surface area (Å²) >= 11 is 0. The maximum atomic E-state index is 12.6. The first kappa shape index (κ1) is 22.1. The van der Waals surface area contributed by atoms with E-state index in [0.717, 1.165) is 5.56 Å². The summed E-state index contributed by atoms with van der Waals surface area (Å²) in [4.78, 5) is 36.6. The van der Waals surface area contributed by atoms with Crippen molar-refractivity contribution in [1.82, 2.24) is 5.32 Å². The first-order chi connectivity index (χ1) is 13.6. The van der Waals surface area contributed by atoms with E-state index in [4.69, 9.17) is 0 Å². The zero-order valence-corrected chi connectivity index (χ0v) is 17.3. The van der Waals surface area contributed by atoms with Crippen LogP contribution in [-0.4, -0.2) is 28.9 Å². The summed E-state index contributed by atoms with van der Waals surface area (Å²) in [5, 5.41) is 14.8. The van der Waals surface area contributed by atoms with Crippen molar-refractivity contribution in [1.29, 1.82) is 0 Å². The molecule has 0 aromatic heterocycles. The fourth-order valence-corrected chi connectivity index (χ4v) is 2.76. The lowest BCUT2D eigenvalue weighted by atomic mass is 9.88. The Hall–Kier alpha value is -3.15. The van der Waals surface area contributed by atoms with Gasteiger partial charge in [0, 0.05) is 16.8 Å². The van der Waals surface area contributed by atoms with Gasteiger partial charge in [-0.25, -0.2) is 4.79 Å². The van der Waals surface area contributed by atoms with E-state index in [0.29, 0.717) is 29.7 Å². The summed E-state index contributed by atoms with van der Waals surface area (Å²) in [6, 6.07) is 12.7. The molecular weight excluding hydrogens is 368 g/mol. The van der Waals surface area contributed by atoms with Crippen molar-refractivity contribution in [3.8, 4) is 0 Å². The molecule has 154 valence electrons. The second kappa shape index (κ2) is 9.37. The summed E-state index contributed by atoms with van der Waals surface area (Å²) in [7, 11) is 0. The Bertz CT molecular complexity index is 885. The van der Waals surface area contributed by atoms with Gasteiger partial charge < -0.3 is 15.7 Å². The molecule has 2 aromatic carbocycles. The number of nitrogens with one attached hydrogen (secondary N) is 2. The van der Waals surface area contributed by atoms with Gasteiger partial charge in [0.25, 0.3) is 11.8 Å². The molecule has 2 rings (SSSR count). The third-order valence-corrected chi connectivity index (χ3v) is 4.57. The molecule has 0 spiro atoms. The molecule has 29 heavy (non-hydrogen) atoms. The van der Waals surface area contributed by atoms with Crippen LogP contribution >= 0.6 is 0 Å². The van der Waals surface area contributed by atoms with E-state index < -0.39 is 17.9 Å². The van der Waals surface area contributed by atoms with Crippen molar-refractivity contribution in [2.75, 3.05) is 5.32 Å². The standard InChI is InChI=1S/C23H28N2O4/c1-15-10-11-17(14-19(15)25-20(26)16-8-6-5-7-9-16)21(27)24-18(22(28)29)12-13-23(2,3)4/h5-11,14,18H,12-13H2,1-4H3,(H,24,27)(H,25,26)(H,28,29). The van der Waals surface area contributed by atoms with Crippen LogP contribution in [0.4, 0.5) is 5.69 Å². The van der Waals surface area contributed by atoms with Crippen LogP contribution in [0, 0.1) is 12.3 Å².